The maximum absolute atomic E-state index is 12.5. The van der Waals surface area contributed by atoms with Crippen LogP contribution in [-0.2, 0) is 4.74 Å². The van der Waals surface area contributed by atoms with E-state index < -0.39 is 0 Å². The molecule has 0 spiro atoms. The molecular weight excluding hydrogens is 278 g/mol. The Bertz CT molecular complexity index is 694. The maximum Gasteiger partial charge on any atom is 0.193 e. The first kappa shape index (κ1) is 14.4. The highest BCUT2D eigenvalue weighted by molar-refractivity contribution is 6.09. The number of rotatable bonds is 4. The fraction of sp³-hybridized carbons (Fsp3) is 0.235. The van der Waals surface area contributed by atoms with Crippen molar-refractivity contribution in [1.82, 2.24) is 0 Å². The van der Waals surface area contributed by atoms with Gasteiger partial charge in [-0.3, -0.25) is 4.79 Å². The van der Waals surface area contributed by atoms with E-state index in [1.54, 1.807) is 18.2 Å². The number of ketones is 1. The molecule has 0 saturated carbocycles. The Labute approximate surface area is 129 Å². The molecule has 0 bridgehead atoms. The second-order valence-electron chi connectivity index (χ2n) is 5.52. The molecule has 0 aliphatic carbocycles. The summed E-state index contributed by atoms with van der Waals surface area (Å²) in [5.41, 5.74) is 14.6. The molecular formula is C17H19N3O2. The molecule has 0 radical (unpaired) electrons. The Morgan fingerprint density at radius 2 is 1.68 bits per heavy atom. The second kappa shape index (κ2) is 5.69. The van der Waals surface area contributed by atoms with Gasteiger partial charge < -0.3 is 21.1 Å². The summed E-state index contributed by atoms with van der Waals surface area (Å²) in [6, 6.07) is 12.9. The Kier molecular flexibility index (Phi) is 3.73. The lowest BCUT2D eigenvalue weighted by molar-refractivity contribution is 0.0101. The lowest BCUT2D eigenvalue weighted by atomic mass is 10.0. The number of carbonyl (C=O) groups excluding carboxylic acids is 1. The summed E-state index contributed by atoms with van der Waals surface area (Å²) in [5, 5.41) is 0. The first-order valence-electron chi connectivity index (χ1n) is 7.16. The van der Waals surface area contributed by atoms with Gasteiger partial charge in [-0.05, 0) is 42.5 Å². The number of anilines is 3. The highest BCUT2D eigenvalue weighted by atomic mass is 16.5. The normalized spacial score (nSPS) is 14.4. The van der Waals surface area contributed by atoms with Crippen molar-refractivity contribution in [3.8, 4) is 0 Å². The number of carbonyl (C=O) groups is 1. The van der Waals surface area contributed by atoms with E-state index in [-0.39, 0.29) is 5.78 Å². The molecule has 4 N–H and O–H groups in total. The quantitative estimate of drug-likeness (QED) is 0.665. The van der Waals surface area contributed by atoms with Gasteiger partial charge in [-0.25, -0.2) is 0 Å². The lowest BCUT2D eigenvalue weighted by Gasteiger charge is -2.36. The zero-order valence-corrected chi connectivity index (χ0v) is 12.5. The summed E-state index contributed by atoms with van der Waals surface area (Å²) in [6.45, 7) is 1.50. The third-order valence-corrected chi connectivity index (χ3v) is 4.05. The van der Waals surface area contributed by atoms with E-state index in [4.69, 9.17) is 16.2 Å². The number of nitrogens with zero attached hydrogens (tertiary/aromatic N) is 1. The van der Waals surface area contributed by atoms with Crippen LogP contribution in [0.15, 0.2) is 42.5 Å². The minimum absolute atomic E-state index is 0.0621. The number of nitrogen functional groups attached to an aromatic ring is 2. The van der Waals surface area contributed by atoms with Gasteiger partial charge in [0.25, 0.3) is 0 Å². The average molecular weight is 297 g/mol. The zero-order valence-electron chi connectivity index (χ0n) is 12.5. The number of benzene rings is 2. The zero-order chi connectivity index (χ0) is 15.7. The van der Waals surface area contributed by atoms with Crippen LogP contribution in [0.5, 0.6) is 0 Å². The molecule has 1 aliphatic rings. The van der Waals surface area contributed by atoms with Crippen molar-refractivity contribution in [3.63, 3.8) is 0 Å². The van der Waals surface area contributed by atoms with Crippen LogP contribution in [-0.4, -0.2) is 32.1 Å². The Morgan fingerprint density at radius 1 is 1.05 bits per heavy atom. The van der Waals surface area contributed by atoms with E-state index >= 15 is 0 Å². The summed E-state index contributed by atoms with van der Waals surface area (Å²) in [6.07, 6.45) is 0. The van der Waals surface area contributed by atoms with Gasteiger partial charge in [0, 0.05) is 23.9 Å². The van der Waals surface area contributed by atoms with Gasteiger partial charge in [0.15, 0.2) is 5.78 Å². The van der Waals surface area contributed by atoms with Crippen molar-refractivity contribution in [2.45, 2.75) is 6.04 Å². The molecule has 3 rings (SSSR count). The van der Waals surface area contributed by atoms with Crippen LogP contribution in [0.4, 0.5) is 17.1 Å². The molecule has 5 heteroatoms. The number of nitrogens with two attached hydrogens (primary N) is 2. The molecule has 1 fully saturated rings. The minimum Gasteiger partial charge on any atom is -0.397 e. The standard InChI is InChI=1S/C17H19N3O2/c1-20(14-9-22-10-14)13-5-2-11(3-6-13)17(21)12-4-7-15(18)16(19)8-12/h2-8,14H,9-10,18-19H2,1H3. The van der Waals surface area contributed by atoms with Gasteiger partial charge in [-0.2, -0.15) is 0 Å². The SMILES string of the molecule is CN(c1ccc(C(=O)c2ccc(N)c(N)c2)cc1)C1COC1. The van der Waals surface area contributed by atoms with Gasteiger partial charge in [0.05, 0.1) is 30.6 Å². The minimum atomic E-state index is -0.0621. The molecule has 1 aliphatic heterocycles. The van der Waals surface area contributed by atoms with Crippen molar-refractivity contribution < 1.29 is 9.53 Å². The maximum atomic E-state index is 12.5. The highest BCUT2D eigenvalue weighted by Gasteiger charge is 2.23. The van der Waals surface area contributed by atoms with Crippen molar-refractivity contribution >= 4 is 22.8 Å². The summed E-state index contributed by atoms with van der Waals surface area (Å²) in [5.74, 6) is -0.0621. The topological polar surface area (TPSA) is 81.6 Å². The largest absolute Gasteiger partial charge is 0.397 e. The van der Waals surface area contributed by atoms with Crippen LogP contribution in [0.25, 0.3) is 0 Å². The summed E-state index contributed by atoms with van der Waals surface area (Å²) in [4.78, 5) is 14.6. The van der Waals surface area contributed by atoms with E-state index in [0.717, 1.165) is 18.9 Å². The van der Waals surface area contributed by atoms with E-state index in [0.29, 0.717) is 28.5 Å². The molecule has 0 atom stereocenters. The molecule has 5 nitrogen and oxygen atoms in total. The molecule has 22 heavy (non-hydrogen) atoms. The van der Waals surface area contributed by atoms with Crippen LogP contribution in [0.3, 0.4) is 0 Å². The van der Waals surface area contributed by atoms with Gasteiger partial charge in [-0.1, -0.05) is 0 Å². The third kappa shape index (κ3) is 2.63. The van der Waals surface area contributed by atoms with E-state index in [9.17, 15) is 4.79 Å². The highest BCUT2D eigenvalue weighted by Crippen LogP contribution is 2.22. The van der Waals surface area contributed by atoms with Gasteiger partial charge in [-0.15, -0.1) is 0 Å². The lowest BCUT2D eigenvalue weighted by Crippen LogP contribution is -2.47. The molecule has 114 valence electrons. The molecule has 2 aromatic carbocycles. The van der Waals surface area contributed by atoms with Crippen LogP contribution in [0.1, 0.15) is 15.9 Å². The Hall–Kier alpha value is -2.53. The second-order valence-corrected chi connectivity index (χ2v) is 5.52. The van der Waals surface area contributed by atoms with Gasteiger partial charge >= 0.3 is 0 Å². The number of likely N-dealkylation sites (N-methyl/N-ethyl adjacent to an activating group) is 1. The summed E-state index contributed by atoms with van der Waals surface area (Å²) < 4.78 is 5.20. The smallest absolute Gasteiger partial charge is 0.193 e. The van der Waals surface area contributed by atoms with Gasteiger partial charge in [0.2, 0.25) is 0 Å². The molecule has 0 amide bonds. The van der Waals surface area contributed by atoms with E-state index in [2.05, 4.69) is 4.90 Å². The van der Waals surface area contributed by atoms with Crippen molar-refractivity contribution in [2.24, 2.45) is 0 Å². The fourth-order valence-electron chi connectivity index (χ4n) is 2.39. The average Bonchev–Trinajstić information content (AvgIpc) is 2.48. The summed E-state index contributed by atoms with van der Waals surface area (Å²) in [7, 11) is 2.03. The third-order valence-electron chi connectivity index (χ3n) is 4.05. The molecule has 1 heterocycles. The van der Waals surface area contributed by atoms with E-state index in [1.807, 2.05) is 31.3 Å². The molecule has 0 unspecified atom stereocenters. The number of hydrogen-bond acceptors (Lipinski definition) is 5. The first-order chi connectivity index (χ1) is 10.6. The van der Waals surface area contributed by atoms with Crippen molar-refractivity contribution in [2.75, 3.05) is 36.6 Å². The predicted molar refractivity (Wildman–Crippen MR) is 88.2 cm³/mol. The Morgan fingerprint density at radius 3 is 2.23 bits per heavy atom. The first-order valence-corrected chi connectivity index (χ1v) is 7.16. The number of ether oxygens (including phenoxy) is 1. The van der Waals surface area contributed by atoms with Gasteiger partial charge in [0.1, 0.15) is 0 Å². The molecule has 2 aromatic rings. The molecule has 1 saturated heterocycles. The van der Waals surface area contributed by atoms with Crippen LogP contribution < -0.4 is 16.4 Å². The van der Waals surface area contributed by atoms with E-state index in [1.165, 1.54) is 0 Å². The molecule has 0 aromatic heterocycles. The van der Waals surface area contributed by atoms with Crippen molar-refractivity contribution in [3.05, 3.63) is 53.6 Å². The predicted octanol–water partition coefficient (Wildman–Crippen LogP) is 1.92. The van der Waals surface area contributed by atoms with Crippen LogP contribution >= 0.6 is 0 Å². The van der Waals surface area contributed by atoms with Crippen LogP contribution in [0.2, 0.25) is 0 Å². The fourth-order valence-corrected chi connectivity index (χ4v) is 2.39. The summed E-state index contributed by atoms with van der Waals surface area (Å²) >= 11 is 0. The van der Waals surface area contributed by atoms with Crippen LogP contribution in [0, 0.1) is 0 Å². The Balaban J connectivity index is 1.79. The van der Waals surface area contributed by atoms with Crippen molar-refractivity contribution in [1.29, 1.82) is 0 Å². The monoisotopic (exact) mass is 297 g/mol. The number of hydrogen-bond donors (Lipinski definition) is 2.